The Labute approximate surface area is 118 Å². The maximum atomic E-state index is 12.1. The molecule has 0 aliphatic carbocycles. The molecule has 1 aromatic rings. The zero-order valence-electron chi connectivity index (χ0n) is 11.7. The van der Waals surface area contributed by atoms with E-state index in [9.17, 15) is 4.79 Å². The Bertz CT molecular complexity index is 491. The highest BCUT2D eigenvalue weighted by Crippen LogP contribution is 2.16. The number of piperidine rings is 1. The van der Waals surface area contributed by atoms with E-state index in [-0.39, 0.29) is 11.7 Å². The minimum absolute atomic E-state index is 0.0674. The van der Waals surface area contributed by atoms with Gasteiger partial charge in [0.1, 0.15) is 6.10 Å². The highest BCUT2D eigenvalue weighted by atomic mass is 16.6. The topological polar surface area (TPSA) is 56.6 Å². The lowest BCUT2D eigenvalue weighted by atomic mass is 10.1. The minimum atomic E-state index is -0.0743. The van der Waals surface area contributed by atoms with Crippen LogP contribution in [0.1, 0.15) is 19.3 Å². The van der Waals surface area contributed by atoms with Gasteiger partial charge < -0.3 is 14.4 Å². The van der Waals surface area contributed by atoms with Crippen LogP contribution in [0.25, 0.3) is 0 Å². The maximum Gasteiger partial charge on any atom is 0.268 e. The van der Waals surface area contributed by atoms with Crippen LogP contribution in [0.4, 0.5) is 5.69 Å². The van der Waals surface area contributed by atoms with Crippen molar-refractivity contribution < 1.29 is 9.47 Å². The Morgan fingerprint density at radius 2 is 2.10 bits per heavy atom. The Morgan fingerprint density at radius 3 is 2.80 bits per heavy atom. The van der Waals surface area contributed by atoms with Crippen molar-refractivity contribution in [1.82, 2.24) is 9.78 Å². The van der Waals surface area contributed by atoms with Gasteiger partial charge in [-0.1, -0.05) is 0 Å². The zero-order chi connectivity index (χ0) is 13.8. The first kappa shape index (κ1) is 13.6. The van der Waals surface area contributed by atoms with Gasteiger partial charge in [-0.25, -0.2) is 4.68 Å². The van der Waals surface area contributed by atoms with Crippen molar-refractivity contribution in [2.75, 3.05) is 37.8 Å². The van der Waals surface area contributed by atoms with Gasteiger partial charge in [0.2, 0.25) is 0 Å². The Morgan fingerprint density at radius 1 is 1.25 bits per heavy atom. The number of rotatable bonds is 3. The Kier molecular flexibility index (Phi) is 4.32. The van der Waals surface area contributed by atoms with Gasteiger partial charge in [-0.2, -0.15) is 5.10 Å². The van der Waals surface area contributed by atoms with Crippen molar-refractivity contribution >= 4 is 5.69 Å². The molecule has 6 nitrogen and oxygen atoms in total. The van der Waals surface area contributed by atoms with Crippen molar-refractivity contribution in [3.05, 3.63) is 22.6 Å². The molecule has 0 aromatic carbocycles. The van der Waals surface area contributed by atoms with Crippen LogP contribution in [0.2, 0.25) is 0 Å². The number of hydrogen-bond donors (Lipinski definition) is 0. The van der Waals surface area contributed by atoms with Gasteiger partial charge in [0.05, 0.1) is 38.2 Å². The van der Waals surface area contributed by atoms with Crippen LogP contribution in [0, 0.1) is 0 Å². The van der Waals surface area contributed by atoms with Gasteiger partial charge in [0.25, 0.3) is 5.56 Å². The standard InChI is InChI=1S/C14H21N3O3/c18-14-8-12(16-4-2-1-3-5-16)9-15-17(14)10-13-11-19-6-7-20-13/h8-9,13H,1-7,10-11H2/t13-/m1/s1. The second-order valence-electron chi connectivity index (χ2n) is 5.35. The quantitative estimate of drug-likeness (QED) is 0.813. The van der Waals surface area contributed by atoms with Crippen molar-refractivity contribution in [2.24, 2.45) is 0 Å². The molecule has 110 valence electrons. The number of anilines is 1. The fraction of sp³-hybridized carbons (Fsp3) is 0.714. The van der Waals surface area contributed by atoms with E-state index in [4.69, 9.17) is 9.47 Å². The minimum Gasteiger partial charge on any atom is -0.376 e. The molecule has 2 fully saturated rings. The van der Waals surface area contributed by atoms with E-state index in [1.54, 1.807) is 12.3 Å². The Hall–Kier alpha value is -1.40. The fourth-order valence-electron chi connectivity index (χ4n) is 2.72. The lowest BCUT2D eigenvalue weighted by Gasteiger charge is -2.28. The molecular weight excluding hydrogens is 258 g/mol. The Balaban J connectivity index is 1.68. The van der Waals surface area contributed by atoms with E-state index in [1.165, 1.54) is 23.9 Å². The average Bonchev–Trinajstić information content (AvgIpc) is 2.51. The number of nitrogens with zero attached hydrogens (tertiary/aromatic N) is 3. The van der Waals surface area contributed by atoms with E-state index in [2.05, 4.69) is 10.00 Å². The number of aromatic nitrogens is 2. The highest BCUT2D eigenvalue weighted by Gasteiger charge is 2.17. The molecule has 0 N–H and O–H groups in total. The predicted octanol–water partition coefficient (Wildman–Crippen LogP) is 0.649. The van der Waals surface area contributed by atoms with Crippen LogP contribution in [0.5, 0.6) is 0 Å². The monoisotopic (exact) mass is 279 g/mol. The molecule has 1 atom stereocenters. The molecule has 6 heteroatoms. The van der Waals surface area contributed by atoms with E-state index in [0.29, 0.717) is 26.4 Å². The summed E-state index contributed by atoms with van der Waals surface area (Å²) in [5.74, 6) is 0. The summed E-state index contributed by atoms with van der Waals surface area (Å²) in [5.41, 5.74) is 0.869. The molecule has 2 aliphatic heterocycles. The molecule has 0 unspecified atom stereocenters. The lowest BCUT2D eigenvalue weighted by Crippen LogP contribution is -2.37. The van der Waals surface area contributed by atoms with Crippen molar-refractivity contribution in [3.8, 4) is 0 Å². The van der Waals surface area contributed by atoms with Crippen molar-refractivity contribution in [1.29, 1.82) is 0 Å². The molecule has 0 radical (unpaired) electrons. The smallest absolute Gasteiger partial charge is 0.268 e. The zero-order valence-corrected chi connectivity index (χ0v) is 11.7. The van der Waals surface area contributed by atoms with Crippen LogP contribution >= 0.6 is 0 Å². The molecule has 3 heterocycles. The molecule has 0 saturated carbocycles. The van der Waals surface area contributed by atoms with Crippen LogP contribution in [-0.2, 0) is 16.0 Å². The summed E-state index contributed by atoms with van der Waals surface area (Å²) < 4.78 is 12.4. The lowest BCUT2D eigenvalue weighted by molar-refractivity contribution is -0.0950. The van der Waals surface area contributed by atoms with Crippen LogP contribution in [0.3, 0.4) is 0 Å². The molecule has 2 saturated heterocycles. The second kappa shape index (κ2) is 6.37. The first-order valence-corrected chi connectivity index (χ1v) is 7.34. The highest BCUT2D eigenvalue weighted by molar-refractivity contribution is 5.43. The molecule has 0 amide bonds. The SMILES string of the molecule is O=c1cc(N2CCCCC2)cnn1C[C@@H]1COCCO1. The second-order valence-corrected chi connectivity index (χ2v) is 5.35. The first-order chi connectivity index (χ1) is 9.83. The summed E-state index contributed by atoms with van der Waals surface area (Å²) in [7, 11) is 0. The fourth-order valence-corrected chi connectivity index (χ4v) is 2.72. The van der Waals surface area contributed by atoms with Crippen molar-refractivity contribution in [3.63, 3.8) is 0 Å². The third kappa shape index (κ3) is 3.19. The van der Waals surface area contributed by atoms with Gasteiger partial charge in [0, 0.05) is 19.2 Å². The van der Waals surface area contributed by atoms with Gasteiger partial charge in [-0.3, -0.25) is 4.79 Å². The third-order valence-electron chi connectivity index (χ3n) is 3.84. The van der Waals surface area contributed by atoms with Crippen molar-refractivity contribution in [2.45, 2.75) is 31.9 Å². The largest absolute Gasteiger partial charge is 0.376 e. The van der Waals surface area contributed by atoms with Gasteiger partial charge in [-0.05, 0) is 19.3 Å². The van der Waals surface area contributed by atoms with E-state index < -0.39 is 0 Å². The van der Waals surface area contributed by atoms with Gasteiger partial charge in [-0.15, -0.1) is 0 Å². The third-order valence-corrected chi connectivity index (χ3v) is 3.84. The van der Waals surface area contributed by atoms with E-state index in [0.717, 1.165) is 18.8 Å². The van der Waals surface area contributed by atoms with Gasteiger partial charge >= 0.3 is 0 Å². The summed E-state index contributed by atoms with van der Waals surface area (Å²) in [6.07, 6.45) is 5.37. The summed E-state index contributed by atoms with van der Waals surface area (Å²) in [4.78, 5) is 14.4. The molecule has 1 aromatic heterocycles. The summed E-state index contributed by atoms with van der Waals surface area (Å²) in [6, 6.07) is 1.68. The van der Waals surface area contributed by atoms with Crippen LogP contribution < -0.4 is 10.5 Å². The number of hydrogen-bond acceptors (Lipinski definition) is 5. The van der Waals surface area contributed by atoms with E-state index >= 15 is 0 Å². The molecule has 0 spiro atoms. The molecule has 3 rings (SSSR count). The first-order valence-electron chi connectivity index (χ1n) is 7.34. The number of ether oxygens (including phenoxy) is 2. The summed E-state index contributed by atoms with van der Waals surface area (Å²) in [6.45, 7) is 4.24. The molecular formula is C14H21N3O3. The summed E-state index contributed by atoms with van der Waals surface area (Å²) >= 11 is 0. The predicted molar refractivity (Wildman–Crippen MR) is 75.1 cm³/mol. The molecule has 2 aliphatic rings. The van der Waals surface area contributed by atoms with Crippen LogP contribution in [-0.4, -0.2) is 48.8 Å². The normalized spacial score (nSPS) is 23.8. The maximum absolute atomic E-state index is 12.1. The van der Waals surface area contributed by atoms with Crippen LogP contribution in [0.15, 0.2) is 17.1 Å². The van der Waals surface area contributed by atoms with Gasteiger partial charge in [0.15, 0.2) is 0 Å². The summed E-state index contributed by atoms with van der Waals surface area (Å²) in [5, 5.41) is 4.27. The molecule has 20 heavy (non-hydrogen) atoms. The molecule has 0 bridgehead atoms. The average molecular weight is 279 g/mol. The van der Waals surface area contributed by atoms with E-state index in [1.807, 2.05) is 0 Å².